The molecule has 0 radical (unpaired) electrons. The van der Waals surface area contributed by atoms with E-state index in [9.17, 15) is 15.2 Å². The summed E-state index contributed by atoms with van der Waals surface area (Å²) in [6.07, 6.45) is 5.58. The van der Waals surface area contributed by atoms with Gasteiger partial charge in [-0.05, 0) is 31.6 Å². The fraction of sp³-hybridized carbons (Fsp3) is 0.857. The molecule has 2 unspecified atom stereocenters. The van der Waals surface area contributed by atoms with Crippen LogP contribution in [0, 0.1) is 22.7 Å². The van der Waals surface area contributed by atoms with Gasteiger partial charge in [-0.25, -0.2) is 0 Å². The Bertz CT molecular complexity index is 348. The molecule has 0 saturated heterocycles. The minimum absolute atomic E-state index is 0.228. The Hall–Kier alpha value is -0.880. The summed E-state index contributed by atoms with van der Waals surface area (Å²) >= 11 is 0. The fourth-order valence-electron chi connectivity index (χ4n) is 3.60. The maximum Gasteiger partial charge on any atom is 0.133 e. The van der Waals surface area contributed by atoms with Gasteiger partial charge in [-0.15, -0.1) is 0 Å². The number of Topliss-reactive ketones (excluding diaryl/α,β-unsaturated/α-hetero) is 1. The zero-order chi connectivity index (χ0) is 12.5. The maximum absolute atomic E-state index is 11.3. The van der Waals surface area contributed by atoms with E-state index in [0.29, 0.717) is 31.6 Å². The van der Waals surface area contributed by atoms with E-state index in [4.69, 9.17) is 0 Å². The molecule has 2 fully saturated rings. The summed E-state index contributed by atoms with van der Waals surface area (Å²) in [6.45, 7) is 2.16. The number of aliphatic hydroxyl groups is 1. The molecule has 0 heterocycles. The van der Waals surface area contributed by atoms with Gasteiger partial charge in [-0.2, -0.15) is 5.26 Å². The van der Waals surface area contributed by atoms with Gasteiger partial charge in [0.1, 0.15) is 5.78 Å². The topological polar surface area (TPSA) is 61.1 Å². The van der Waals surface area contributed by atoms with Gasteiger partial charge in [-0.3, -0.25) is 4.79 Å². The van der Waals surface area contributed by atoms with E-state index in [0.717, 1.165) is 25.7 Å². The first kappa shape index (κ1) is 12.6. The molecule has 0 aromatic heterocycles. The average molecular weight is 235 g/mol. The van der Waals surface area contributed by atoms with E-state index in [-0.39, 0.29) is 5.78 Å². The van der Waals surface area contributed by atoms with Crippen LogP contribution in [0.1, 0.15) is 58.3 Å². The van der Waals surface area contributed by atoms with Gasteiger partial charge < -0.3 is 5.11 Å². The number of hydrogen-bond acceptors (Lipinski definition) is 3. The molecule has 2 saturated carbocycles. The van der Waals surface area contributed by atoms with Gasteiger partial charge in [-0.1, -0.05) is 19.8 Å². The molecule has 2 atom stereocenters. The van der Waals surface area contributed by atoms with Crippen molar-refractivity contribution in [2.24, 2.45) is 11.3 Å². The Balaban J connectivity index is 2.22. The van der Waals surface area contributed by atoms with Gasteiger partial charge >= 0.3 is 0 Å². The van der Waals surface area contributed by atoms with Gasteiger partial charge in [0.15, 0.2) is 0 Å². The Morgan fingerprint density at radius 2 is 2.00 bits per heavy atom. The summed E-state index contributed by atoms with van der Waals surface area (Å²) in [4.78, 5) is 11.3. The van der Waals surface area contributed by atoms with Crippen molar-refractivity contribution in [1.82, 2.24) is 0 Å². The van der Waals surface area contributed by atoms with Crippen LogP contribution in [0.3, 0.4) is 0 Å². The third-order valence-corrected chi connectivity index (χ3v) is 4.74. The van der Waals surface area contributed by atoms with Crippen LogP contribution in [0.4, 0.5) is 0 Å². The first-order chi connectivity index (χ1) is 8.01. The van der Waals surface area contributed by atoms with E-state index >= 15 is 0 Å². The third kappa shape index (κ3) is 2.11. The molecule has 0 spiro atoms. The summed E-state index contributed by atoms with van der Waals surface area (Å²) in [5, 5.41) is 20.4. The molecule has 0 amide bonds. The van der Waals surface area contributed by atoms with Crippen LogP contribution in [-0.2, 0) is 4.79 Å². The molecule has 0 aliphatic heterocycles. The van der Waals surface area contributed by atoms with Crippen LogP contribution >= 0.6 is 0 Å². The summed E-state index contributed by atoms with van der Waals surface area (Å²) in [6, 6.07) is 2.41. The predicted molar refractivity (Wildman–Crippen MR) is 64.1 cm³/mol. The Morgan fingerprint density at radius 1 is 1.35 bits per heavy atom. The zero-order valence-corrected chi connectivity index (χ0v) is 10.5. The lowest BCUT2D eigenvalue weighted by Gasteiger charge is -2.48. The van der Waals surface area contributed by atoms with Crippen LogP contribution in [0.2, 0.25) is 0 Å². The monoisotopic (exact) mass is 235 g/mol. The Morgan fingerprint density at radius 3 is 2.53 bits per heavy atom. The lowest BCUT2D eigenvalue weighted by Crippen LogP contribution is -2.52. The lowest BCUT2D eigenvalue weighted by atomic mass is 9.57. The summed E-state index contributed by atoms with van der Waals surface area (Å²) < 4.78 is 0. The third-order valence-electron chi connectivity index (χ3n) is 4.74. The van der Waals surface area contributed by atoms with Crippen molar-refractivity contribution in [2.45, 2.75) is 63.9 Å². The quantitative estimate of drug-likeness (QED) is 0.759. The van der Waals surface area contributed by atoms with Gasteiger partial charge in [0.25, 0.3) is 0 Å². The molecule has 0 bridgehead atoms. The van der Waals surface area contributed by atoms with Crippen molar-refractivity contribution >= 4 is 5.78 Å². The van der Waals surface area contributed by atoms with E-state index in [1.165, 1.54) is 0 Å². The summed E-state index contributed by atoms with van der Waals surface area (Å²) in [7, 11) is 0. The molecule has 2 aliphatic carbocycles. The van der Waals surface area contributed by atoms with Crippen LogP contribution < -0.4 is 0 Å². The molecular weight excluding hydrogens is 214 g/mol. The molecule has 1 N–H and O–H groups in total. The average Bonchev–Trinajstić information content (AvgIpc) is 2.33. The SMILES string of the molecule is CC1CCCC(C#N)(C2(O)CCC(=O)CC2)C1. The van der Waals surface area contributed by atoms with E-state index in [1.54, 1.807) is 0 Å². The van der Waals surface area contributed by atoms with Crippen molar-refractivity contribution in [3.8, 4) is 6.07 Å². The first-order valence-electron chi connectivity index (χ1n) is 6.67. The highest BCUT2D eigenvalue weighted by atomic mass is 16.3. The molecule has 17 heavy (non-hydrogen) atoms. The molecular formula is C14H21NO2. The number of carbonyl (C=O) groups excluding carboxylic acids is 1. The minimum Gasteiger partial charge on any atom is -0.388 e. The molecule has 3 heteroatoms. The van der Waals surface area contributed by atoms with Crippen molar-refractivity contribution < 1.29 is 9.90 Å². The Kier molecular flexibility index (Phi) is 3.27. The van der Waals surface area contributed by atoms with Crippen molar-refractivity contribution in [3.05, 3.63) is 0 Å². The number of carbonyl (C=O) groups is 1. The molecule has 3 nitrogen and oxygen atoms in total. The van der Waals surface area contributed by atoms with Crippen molar-refractivity contribution in [1.29, 1.82) is 5.26 Å². The highest BCUT2D eigenvalue weighted by Crippen LogP contribution is 2.51. The Labute approximate surface area is 103 Å². The lowest BCUT2D eigenvalue weighted by molar-refractivity contribution is -0.136. The summed E-state index contributed by atoms with van der Waals surface area (Å²) in [5.74, 6) is 0.733. The van der Waals surface area contributed by atoms with Gasteiger partial charge in [0, 0.05) is 12.8 Å². The maximum atomic E-state index is 11.3. The molecule has 0 aromatic carbocycles. The van der Waals surface area contributed by atoms with Crippen molar-refractivity contribution in [2.75, 3.05) is 0 Å². The summed E-state index contributed by atoms with van der Waals surface area (Å²) in [5.41, 5.74) is -1.53. The number of nitriles is 1. The van der Waals surface area contributed by atoms with Crippen LogP contribution in [0.15, 0.2) is 0 Å². The van der Waals surface area contributed by atoms with E-state index < -0.39 is 11.0 Å². The van der Waals surface area contributed by atoms with E-state index in [1.807, 2.05) is 0 Å². The molecule has 0 aromatic rings. The first-order valence-corrected chi connectivity index (χ1v) is 6.67. The van der Waals surface area contributed by atoms with Gasteiger partial charge in [0.05, 0.1) is 17.1 Å². The number of ketones is 1. The molecule has 2 rings (SSSR count). The number of rotatable bonds is 1. The van der Waals surface area contributed by atoms with Crippen LogP contribution in [0.25, 0.3) is 0 Å². The highest BCUT2D eigenvalue weighted by molar-refractivity contribution is 5.79. The number of nitrogens with zero attached hydrogens (tertiary/aromatic N) is 1. The van der Waals surface area contributed by atoms with Crippen molar-refractivity contribution in [3.63, 3.8) is 0 Å². The standard InChI is InChI=1S/C14H21NO2/c1-11-3-2-6-13(9-11,10-15)14(17)7-4-12(16)5-8-14/h11,17H,2-9H2,1H3. The second kappa shape index (κ2) is 4.42. The molecule has 94 valence electrons. The fourth-order valence-corrected chi connectivity index (χ4v) is 3.60. The van der Waals surface area contributed by atoms with Gasteiger partial charge in [0.2, 0.25) is 0 Å². The van der Waals surface area contributed by atoms with Crippen LogP contribution in [-0.4, -0.2) is 16.5 Å². The van der Waals surface area contributed by atoms with E-state index in [2.05, 4.69) is 13.0 Å². The predicted octanol–water partition coefficient (Wildman–Crippen LogP) is 2.58. The largest absolute Gasteiger partial charge is 0.388 e. The number of hydrogen-bond donors (Lipinski definition) is 1. The zero-order valence-electron chi connectivity index (χ0n) is 10.5. The highest BCUT2D eigenvalue weighted by Gasteiger charge is 2.53. The smallest absolute Gasteiger partial charge is 0.133 e. The molecule has 2 aliphatic rings. The minimum atomic E-state index is -0.926. The second-order valence-corrected chi connectivity index (χ2v) is 5.97. The van der Waals surface area contributed by atoms with Crippen LogP contribution in [0.5, 0.6) is 0 Å². The second-order valence-electron chi connectivity index (χ2n) is 5.97. The normalized spacial score (nSPS) is 37.5.